The van der Waals surface area contributed by atoms with Crippen LogP contribution in [0.25, 0.3) is 21.7 Å². The Morgan fingerprint density at radius 3 is 2.00 bits per heavy atom. The lowest BCUT2D eigenvalue weighted by Crippen LogP contribution is -1.84. The molecule has 0 aliphatic heterocycles. The van der Waals surface area contributed by atoms with E-state index in [2.05, 4.69) is 57.3 Å². The number of thiazole rings is 1. The van der Waals surface area contributed by atoms with Gasteiger partial charge in [-0.25, -0.2) is 4.98 Å². The van der Waals surface area contributed by atoms with Gasteiger partial charge in [0.2, 0.25) is 0 Å². The van der Waals surface area contributed by atoms with Crippen molar-refractivity contribution in [1.29, 1.82) is 0 Å². The molecule has 0 spiro atoms. The first-order chi connectivity index (χ1) is 9.24. The first kappa shape index (κ1) is 12.4. The molecule has 2 nitrogen and oxygen atoms in total. The van der Waals surface area contributed by atoms with E-state index in [0.29, 0.717) is 5.82 Å². The highest BCUT2D eigenvalue weighted by Crippen LogP contribution is 2.34. The predicted octanol–water partition coefficient (Wildman–Crippen LogP) is 4.82. The van der Waals surface area contributed by atoms with Crippen LogP contribution in [0.3, 0.4) is 0 Å². The van der Waals surface area contributed by atoms with E-state index >= 15 is 0 Å². The fourth-order valence-electron chi connectivity index (χ4n) is 1.87. The van der Waals surface area contributed by atoms with Crippen molar-refractivity contribution in [3.8, 4) is 21.7 Å². The van der Waals surface area contributed by atoms with Crippen LogP contribution in [0, 0.1) is 0 Å². The molecule has 0 bridgehead atoms. The average molecular weight is 331 g/mol. The molecule has 0 fully saturated rings. The second-order valence-electron chi connectivity index (χ2n) is 4.12. The Kier molecular flexibility index (Phi) is 3.36. The van der Waals surface area contributed by atoms with Gasteiger partial charge in [-0.3, -0.25) is 0 Å². The molecule has 3 rings (SSSR count). The van der Waals surface area contributed by atoms with Gasteiger partial charge in [-0.1, -0.05) is 54.6 Å². The molecule has 4 heteroatoms. The van der Waals surface area contributed by atoms with Gasteiger partial charge >= 0.3 is 0 Å². The molecule has 2 aromatic carbocycles. The fourth-order valence-corrected chi connectivity index (χ4v) is 3.14. The van der Waals surface area contributed by atoms with E-state index in [9.17, 15) is 0 Å². The lowest BCUT2D eigenvalue weighted by atomic mass is 10.0. The summed E-state index contributed by atoms with van der Waals surface area (Å²) in [4.78, 5) is 4.33. The van der Waals surface area contributed by atoms with E-state index in [4.69, 9.17) is 5.73 Å². The van der Waals surface area contributed by atoms with E-state index in [1.807, 2.05) is 18.2 Å². The number of nitrogens with two attached hydrogens (primary N) is 1. The van der Waals surface area contributed by atoms with E-state index in [1.54, 1.807) is 11.3 Å². The zero-order chi connectivity index (χ0) is 13.2. The summed E-state index contributed by atoms with van der Waals surface area (Å²) in [6, 6.07) is 18.7. The minimum Gasteiger partial charge on any atom is -0.382 e. The largest absolute Gasteiger partial charge is 0.382 e. The SMILES string of the molecule is Nc1nc(-c2ccc(-c3ccccc3)cc2)sc1Br. The standard InChI is InChI=1S/C15H11BrN2S/c16-13-14(17)18-15(19-13)12-8-6-11(7-9-12)10-4-2-1-3-5-10/h1-9H,17H2. The van der Waals surface area contributed by atoms with Crippen LogP contribution in [0.5, 0.6) is 0 Å². The highest BCUT2D eigenvalue weighted by molar-refractivity contribution is 9.11. The van der Waals surface area contributed by atoms with Gasteiger partial charge in [-0.2, -0.15) is 0 Å². The minimum atomic E-state index is 0.548. The molecule has 3 aromatic rings. The van der Waals surface area contributed by atoms with Crippen molar-refractivity contribution >= 4 is 33.1 Å². The maximum Gasteiger partial charge on any atom is 0.149 e. The topological polar surface area (TPSA) is 38.9 Å². The zero-order valence-corrected chi connectivity index (χ0v) is 12.4. The van der Waals surface area contributed by atoms with Crippen LogP contribution < -0.4 is 5.73 Å². The van der Waals surface area contributed by atoms with Gasteiger partial charge in [0.25, 0.3) is 0 Å². The molecule has 0 unspecified atom stereocenters. The van der Waals surface area contributed by atoms with Gasteiger partial charge in [-0.15, -0.1) is 11.3 Å². The molecule has 1 heterocycles. The number of benzene rings is 2. The summed E-state index contributed by atoms with van der Waals surface area (Å²) in [5, 5.41) is 0.934. The molecule has 19 heavy (non-hydrogen) atoms. The predicted molar refractivity (Wildman–Crippen MR) is 85.1 cm³/mol. The second kappa shape index (κ2) is 5.15. The lowest BCUT2D eigenvalue weighted by Gasteiger charge is -2.02. The second-order valence-corrected chi connectivity index (χ2v) is 6.44. The number of hydrogen-bond donors (Lipinski definition) is 1. The fraction of sp³-hybridized carbons (Fsp3) is 0. The maximum atomic E-state index is 5.75. The van der Waals surface area contributed by atoms with Crippen molar-refractivity contribution in [3.05, 3.63) is 58.4 Å². The average Bonchev–Trinajstić information content (AvgIpc) is 2.80. The first-order valence-electron chi connectivity index (χ1n) is 5.82. The number of nitrogens with zero attached hydrogens (tertiary/aromatic N) is 1. The van der Waals surface area contributed by atoms with E-state index in [1.165, 1.54) is 11.1 Å². The number of nitrogen functional groups attached to an aromatic ring is 1. The lowest BCUT2D eigenvalue weighted by molar-refractivity contribution is 1.41. The molecule has 0 saturated carbocycles. The van der Waals surface area contributed by atoms with Crippen LogP contribution in [0.2, 0.25) is 0 Å². The number of halogens is 1. The van der Waals surface area contributed by atoms with Crippen molar-refractivity contribution in [3.63, 3.8) is 0 Å². The van der Waals surface area contributed by atoms with E-state index in [-0.39, 0.29) is 0 Å². The summed E-state index contributed by atoms with van der Waals surface area (Å²) in [6.07, 6.45) is 0. The molecule has 2 N–H and O–H groups in total. The van der Waals surface area contributed by atoms with Crippen LogP contribution in [-0.2, 0) is 0 Å². The van der Waals surface area contributed by atoms with Crippen molar-refractivity contribution in [1.82, 2.24) is 4.98 Å². The van der Waals surface area contributed by atoms with Gasteiger partial charge < -0.3 is 5.73 Å². The number of hydrogen-bond acceptors (Lipinski definition) is 3. The van der Waals surface area contributed by atoms with Crippen LogP contribution in [-0.4, -0.2) is 4.98 Å². The number of anilines is 1. The quantitative estimate of drug-likeness (QED) is 0.731. The van der Waals surface area contributed by atoms with Crippen LogP contribution in [0.1, 0.15) is 0 Å². The highest BCUT2D eigenvalue weighted by Gasteiger charge is 2.07. The van der Waals surface area contributed by atoms with Crippen LogP contribution in [0.15, 0.2) is 58.4 Å². The molecular formula is C15H11BrN2S. The molecule has 0 amide bonds. The smallest absolute Gasteiger partial charge is 0.149 e. The maximum absolute atomic E-state index is 5.75. The minimum absolute atomic E-state index is 0.548. The Labute approximate surface area is 124 Å². The van der Waals surface area contributed by atoms with E-state index < -0.39 is 0 Å². The van der Waals surface area contributed by atoms with Crippen molar-refractivity contribution in [2.45, 2.75) is 0 Å². The monoisotopic (exact) mass is 330 g/mol. The molecular weight excluding hydrogens is 320 g/mol. The van der Waals surface area contributed by atoms with Gasteiger partial charge in [0.1, 0.15) is 14.6 Å². The number of aromatic nitrogens is 1. The highest BCUT2D eigenvalue weighted by atomic mass is 79.9. The summed E-state index contributed by atoms with van der Waals surface area (Å²) in [5.41, 5.74) is 9.25. The van der Waals surface area contributed by atoms with Crippen molar-refractivity contribution < 1.29 is 0 Å². The summed E-state index contributed by atoms with van der Waals surface area (Å²) < 4.78 is 0.884. The molecule has 0 aliphatic rings. The summed E-state index contributed by atoms with van der Waals surface area (Å²) in [5.74, 6) is 0.548. The third-order valence-electron chi connectivity index (χ3n) is 2.85. The first-order valence-corrected chi connectivity index (χ1v) is 7.42. The Balaban J connectivity index is 1.95. The van der Waals surface area contributed by atoms with Gasteiger partial charge in [-0.05, 0) is 27.1 Å². The normalized spacial score (nSPS) is 10.6. The third kappa shape index (κ3) is 2.55. The van der Waals surface area contributed by atoms with E-state index in [0.717, 1.165) is 14.4 Å². The molecule has 0 aliphatic carbocycles. The Bertz CT molecular complexity index is 670. The summed E-state index contributed by atoms with van der Waals surface area (Å²) in [7, 11) is 0. The molecule has 0 atom stereocenters. The van der Waals surface area contributed by atoms with Gasteiger partial charge in [0, 0.05) is 5.56 Å². The van der Waals surface area contributed by atoms with Gasteiger partial charge in [0.15, 0.2) is 0 Å². The Morgan fingerprint density at radius 2 is 1.42 bits per heavy atom. The third-order valence-corrected chi connectivity index (χ3v) is 4.65. The Hall–Kier alpha value is -1.65. The summed E-state index contributed by atoms with van der Waals surface area (Å²) >= 11 is 4.95. The zero-order valence-electron chi connectivity index (χ0n) is 10.0. The number of rotatable bonds is 2. The summed E-state index contributed by atoms with van der Waals surface area (Å²) in [6.45, 7) is 0. The van der Waals surface area contributed by atoms with Crippen molar-refractivity contribution in [2.24, 2.45) is 0 Å². The van der Waals surface area contributed by atoms with Gasteiger partial charge in [0.05, 0.1) is 0 Å². The molecule has 0 radical (unpaired) electrons. The molecule has 1 aromatic heterocycles. The Morgan fingerprint density at radius 1 is 0.842 bits per heavy atom. The molecule has 0 saturated heterocycles. The van der Waals surface area contributed by atoms with Crippen molar-refractivity contribution in [2.75, 3.05) is 5.73 Å². The van der Waals surface area contributed by atoms with Crippen LogP contribution in [0.4, 0.5) is 5.82 Å². The van der Waals surface area contributed by atoms with Crippen LogP contribution >= 0.6 is 27.3 Å². The molecule has 94 valence electrons.